The molecule has 0 N–H and O–H groups in total. The molecule has 0 saturated carbocycles. The van der Waals surface area contributed by atoms with Crippen molar-refractivity contribution >= 4 is 0 Å². The zero-order valence-electron chi connectivity index (χ0n) is 11.8. The highest BCUT2D eigenvalue weighted by molar-refractivity contribution is 5.33. The molecule has 0 aromatic heterocycles. The lowest BCUT2D eigenvalue weighted by Gasteiger charge is -2.15. The number of rotatable bonds is 7. The molecule has 0 aliphatic heterocycles. The van der Waals surface area contributed by atoms with E-state index in [1.165, 1.54) is 29.6 Å². The van der Waals surface area contributed by atoms with Crippen LogP contribution in [0.3, 0.4) is 0 Å². The molecule has 0 fully saturated rings. The summed E-state index contributed by atoms with van der Waals surface area (Å²) in [4.78, 5) is 0. The van der Waals surface area contributed by atoms with Gasteiger partial charge in [-0.25, -0.2) is 0 Å². The molecule has 0 atom stereocenters. The molecule has 0 aliphatic carbocycles. The van der Waals surface area contributed by atoms with Crippen LogP contribution < -0.4 is 0 Å². The molecule has 16 heavy (non-hydrogen) atoms. The Balaban J connectivity index is 5.13. The third kappa shape index (κ3) is 4.38. The summed E-state index contributed by atoms with van der Waals surface area (Å²) in [5.41, 5.74) is 4.41. The first kappa shape index (κ1) is 15.2. The number of hydrogen-bond acceptors (Lipinski definition) is 0. The van der Waals surface area contributed by atoms with Crippen molar-refractivity contribution in [1.29, 1.82) is 0 Å². The zero-order chi connectivity index (χ0) is 12.6. The second-order valence-corrected chi connectivity index (χ2v) is 4.37. The predicted octanol–water partition coefficient (Wildman–Crippen LogP) is 5.67. The molecular formula is C16H28. The van der Waals surface area contributed by atoms with Crippen molar-refractivity contribution in [1.82, 2.24) is 0 Å². The third-order valence-electron chi connectivity index (χ3n) is 3.49. The Morgan fingerprint density at radius 2 is 1.62 bits per heavy atom. The first-order valence-electron chi connectivity index (χ1n) is 6.66. The summed E-state index contributed by atoms with van der Waals surface area (Å²) in [6.45, 7) is 15.2. The van der Waals surface area contributed by atoms with E-state index in [2.05, 4.69) is 47.3 Å². The fourth-order valence-electron chi connectivity index (χ4n) is 2.06. The molecule has 92 valence electrons. The lowest BCUT2D eigenvalue weighted by atomic mass is 9.90. The smallest absolute Gasteiger partial charge is 0.0167 e. The Labute approximate surface area is 102 Å². The largest absolute Gasteiger partial charge is 0.0988 e. The second kappa shape index (κ2) is 8.38. The monoisotopic (exact) mass is 220 g/mol. The van der Waals surface area contributed by atoms with Crippen LogP contribution in [-0.4, -0.2) is 0 Å². The normalized spacial score (nSPS) is 14.0. The molecule has 0 amide bonds. The highest BCUT2D eigenvalue weighted by atomic mass is 14.1. The molecule has 0 aliphatic rings. The predicted molar refractivity (Wildman–Crippen MR) is 75.6 cm³/mol. The number of allylic oxidation sites excluding steroid dienone is 5. The molecule has 0 heteroatoms. The molecule has 0 bridgehead atoms. The van der Waals surface area contributed by atoms with Crippen LogP contribution in [0.4, 0.5) is 0 Å². The van der Waals surface area contributed by atoms with Crippen molar-refractivity contribution in [3.05, 3.63) is 35.5 Å². The highest BCUT2D eigenvalue weighted by Gasteiger charge is 2.08. The van der Waals surface area contributed by atoms with Crippen molar-refractivity contribution in [2.75, 3.05) is 0 Å². The van der Waals surface area contributed by atoms with Crippen molar-refractivity contribution in [2.45, 2.75) is 60.3 Å². The zero-order valence-corrected chi connectivity index (χ0v) is 11.8. The van der Waals surface area contributed by atoms with E-state index in [-0.39, 0.29) is 0 Å². The minimum Gasteiger partial charge on any atom is -0.0988 e. The van der Waals surface area contributed by atoms with Crippen molar-refractivity contribution in [3.8, 4) is 0 Å². The molecule has 0 spiro atoms. The van der Waals surface area contributed by atoms with Crippen LogP contribution in [0, 0.1) is 5.92 Å². The Hall–Kier alpha value is -0.780. The van der Waals surface area contributed by atoms with Gasteiger partial charge in [-0.1, -0.05) is 52.0 Å². The van der Waals surface area contributed by atoms with Gasteiger partial charge in [0.25, 0.3) is 0 Å². The summed E-state index contributed by atoms with van der Waals surface area (Å²) >= 11 is 0. The fraction of sp³-hybridized carbons (Fsp3) is 0.625. The van der Waals surface area contributed by atoms with Gasteiger partial charge in [-0.05, 0) is 49.7 Å². The summed E-state index contributed by atoms with van der Waals surface area (Å²) in [6.07, 6.45) is 9.08. The molecule has 0 unspecified atom stereocenters. The summed E-state index contributed by atoms with van der Waals surface area (Å²) in [5.74, 6) is 0.670. The number of hydrogen-bond donors (Lipinski definition) is 0. The van der Waals surface area contributed by atoms with Gasteiger partial charge in [-0.3, -0.25) is 0 Å². The van der Waals surface area contributed by atoms with Crippen LogP contribution in [0.5, 0.6) is 0 Å². The summed E-state index contributed by atoms with van der Waals surface area (Å²) < 4.78 is 0. The molecular weight excluding hydrogens is 192 g/mol. The van der Waals surface area contributed by atoms with Crippen molar-refractivity contribution in [3.63, 3.8) is 0 Å². The lowest BCUT2D eigenvalue weighted by Crippen LogP contribution is -2.00. The molecule has 0 saturated heterocycles. The van der Waals surface area contributed by atoms with E-state index in [0.717, 1.165) is 12.8 Å². The Bertz CT molecular complexity index is 262. The SMILES string of the molecule is C=C/C(=C\C(CC)=C(/C)CC)C(CC)CC. The second-order valence-electron chi connectivity index (χ2n) is 4.37. The van der Waals surface area contributed by atoms with Crippen LogP contribution in [-0.2, 0) is 0 Å². The Kier molecular flexibility index (Phi) is 7.97. The van der Waals surface area contributed by atoms with E-state index >= 15 is 0 Å². The van der Waals surface area contributed by atoms with Crippen molar-refractivity contribution < 1.29 is 0 Å². The molecule has 0 aromatic carbocycles. The molecule has 0 heterocycles. The average molecular weight is 220 g/mol. The average Bonchev–Trinajstić information content (AvgIpc) is 2.33. The van der Waals surface area contributed by atoms with Crippen LogP contribution in [0.1, 0.15) is 60.3 Å². The third-order valence-corrected chi connectivity index (χ3v) is 3.49. The lowest BCUT2D eigenvalue weighted by molar-refractivity contribution is 0.583. The molecule has 0 rings (SSSR count). The van der Waals surface area contributed by atoms with E-state index in [4.69, 9.17) is 0 Å². The van der Waals surface area contributed by atoms with Gasteiger partial charge in [-0.15, -0.1) is 0 Å². The van der Waals surface area contributed by atoms with E-state index in [0.29, 0.717) is 5.92 Å². The van der Waals surface area contributed by atoms with Gasteiger partial charge in [0.1, 0.15) is 0 Å². The Morgan fingerprint density at radius 3 is 1.94 bits per heavy atom. The summed E-state index contributed by atoms with van der Waals surface area (Å²) in [6, 6.07) is 0. The van der Waals surface area contributed by atoms with Crippen molar-refractivity contribution in [2.24, 2.45) is 5.92 Å². The van der Waals surface area contributed by atoms with E-state index < -0.39 is 0 Å². The van der Waals surface area contributed by atoms with Gasteiger partial charge in [-0.2, -0.15) is 0 Å². The maximum atomic E-state index is 3.96. The first-order chi connectivity index (χ1) is 7.64. The van der Waals surface area contributed by atoms with Gasteiger partial charge >= 0.3 is 0 Å². The maximum absolute atomic E-state index is 3.96. The van der Waals surface area contributed by atoms with Crippen LogP contribution in [0.15, 0.2) is 35.5 Å². The minimum absolute atomic E-state index is 0.670. The summed E-state index contributed by atoms with van der Waals surface area (Å²) in [7, 11) is 0. The Morgan fingerprint density at radius 1 is 1.06 bits per heavy atom. The molecule has 0 nitrogen and oxygen atoms in total. The van der Waals surface area contributed by atoms with E-state index in [9.17, 15) is 0 Å². The molecule has 0 radical (unpaired) electrons. The van der Waals surface area contributed by atoms with Crippen LogP contribution >= 0.6 is 0 Å². The maximum Gasteiger partial charge on any atom is -0.0167 e. The standard InChI is InChI=1S/C16H28/c1-7-13(6)15(10-4)12-16(11-5)14(8-2)9-3/h11-12,14H,5,7-10H2,1-4,6H3/b15-13+,16-12+. The quantitative estimate of drug-likeness (QED) is 0.485. The van der Waals surface area contributed by atoms with Gasteiger partial charge in [0.05, 0.1) is 0 Å². The fourth-order valence-corrected chi connectivity index (χ4v) is 2.06. The van der Waals surface area contributed by atoms with Gasteiger partial charge < -0.3 is 0 Å². The first-order valence-corrected chi connectivity index (χ1v) is 6.66. The van der Waals surface area contributed by atoms with E-state index in [1.807, 2.05) is 6.08 Å². The van der Waals surface area contributed by atoms with Crippen LogP contribution in [0.25, 0.3) is 0 Å². The minimum atomic E-state index is 0.670. The van der Waals surface area contributed by atoms with E-state index in [1.54, 1.807) is 0 Å². The van der Waals surface area contributed by atoms with Gasteiger partial charge in [0.2, 0.25) is 0 Å². The van der Waals surface area contributed by atoms with Gasteiger partial charge in [0, 0.05) is 0 Å². The summed E-state index contributed by atoms with van der Waals surface area (Å²) in [5, 5.41) is 0. The van der Waals surface area contributed by atoms with Gasteiger partial charge in [0.15, 0.2) is 0 Å². The molecule has 0 aromatic rings. The topological polar surface area (TPSA) is 0 Å². The highest BCUT2D eigenvalue weighted by Crippen LogP contribution is 2.24. The van der Waals surface area contributed by atoms with Crippen LogP contribution in [0.2, 0.25) is 0 Å².